The van der Waals surface area contributed by atoms with Crippen molar-refractivity contribution in [3.63, 3.8) is 0 Å². The van der Waals surface area contributed by atoms with E-state index in [1.165, 1.54) is 0 Å². The minimum atomic E-state index is -4.19. The summed E-state index contributed by atoms with van der Waals surface area (Å²) in [5.41, 5.74) is 0.619. The van der Waals surface area contributed by atoms with E-state index < -0.39 is 9.33 Å². The molecule has 0 amide bonds. The van der Waals surface area contributed by atoms with Gasteiger partial charge in [-0.1, -0.05) is 6.07 Å². The first kappa shape index (κ1) is 17.2. The molecule has 0 unspecified atom stereocenters. The quantitative estimate of drug-likeness (QED) is 0.400. The van der Waals surface area contributed by atoms with Crippen LogP contribution < -0.4 is 0 Å². The SMILES string of the molecule is CCOC(=O)c1cccc(SC)c1.O=S(=O)(O)Cl. The van der Waals surface area contributed by atoms with E-state index in [2.05, 4.69) is 10.7 Å². The fraction of sp³-hybridized carbons (Fsp3) is 0.300. The largest absolute Gasteiger partial charge is 0.462 e. The standard InChI is InChI=1S/C10H12O2S.ClHO3S/c1-3-12-10(11)8-5-4-6-9(7-8)13-2;1-5(2,3)4/h4-7H,3H2,1-2H3;(H,2,3,4). The van der Waals surface area contributed by atoms with E-state index >= 15 is 0 Å². The molecule has 0 heterocycles. The molecular weight excluding hydrogens is 300 g/mol. The van der Waals surface area contributed by atoms with E-state index in [1.54, 1.807) is 24.8 Å². The van der Waals surface area contributed by atoms with Gasteiger partial charge < -0.3 is 4.74 Å². The van der Waals surface area contributed by atoms with Crippen LogP contribution in [0.5, 0.6) is 0 Å². The molecule has 1 N–H and O–H groups in total. The smallest absolute Gasteiger partial charge is 0.353 e. The lowest BCUT2D eigenvalue weighted by Crippen LogP contribution is -2.04. The van der Waals surface area contributed by atoms with Gasteiger partial charge in [0.25, 0.3) is 0 Å². The van der Waals surface area contributed by atoms with Gasteiger partial charge in [0.05, 0.1) is 12.2 Å². The van der Waals surface area contributed by atoms with E-state index in [-0.39, 0.29) is 5.97 Å². The number of rotatable bonds is 3. The summed E-state index contributed by atoms with van der Waals surface area (Å²) < 4.78 is 30.0. The molecule has 5 nitrogen and oxygen atoms in total. The van der Waals surface area contributed by atoms with E-state index in [4.69, 9.17) is 17.7 Å². The van der Waals surface area contributed by atoms with Crippen LogP contribution in [-0.2, 0) is 14.1 Å². The topological polar surface area (TPSA) is 80.7 Å². The van der Waals surface area contributed by atoms with Gasteiger partial charge in [0.2, 0.25) is 0 Å². The first-order chi connectivity index (χ1) is 8.27. The van der Waals surface area contributed by atoms with Crippen LogP contribution in [0.2, 0.25) is 0 Å². The van der Waals surface area contributed by atoms with Gasteiger partial charge in [0, 0.05) is 15.6 Å². The van der Waals surface area contributed by atoms with Crippen LogP contribution in [0, 0.1) is 0 Å². The second kappa shape index (κ2) is 8.36. The Labute approximate surface area is 115 Å². The molecule has 0 saturated heterocycles. The van der Waals surface area contributed by atoms with Crippen molar-refractivity contribution in [1.29, 1.82) is 0 Å². The highest BCUT2D eigenvalue weighted by atomic mass is 35.7. The summed E-state index contributed by atoms with van der Waals surface area (Å²) in [5, 5.41) is 0. The molecule has 0 fully saturated rings. The van der Waals surface area contributed by atoms with Crippen LogP contribution in [0.1, 0.15) is 17.3 Å². The van der Waals surface area contributed by atoms with Crippen molar-refractivity contribution in [1.82, 2.24) is 0 Å². The molecule has 1 rings (SSSR count). The van der Waals surface area contributed by atoms with Crippen LogP contribution in [0.4, 0.5) is 0 Å². The number of hydrogen-bond acceptors (Lipinski definition) is 5. The summed E-state index contributed by atoms with van der Waals surface area (Å²) in [6.45, 7) is 2.22. The minimum Gasteiger partial charge on any atom is -0.462 e. The summed E-state index contributed by atoms with van der Waals surface area (Å²) in [6.07, 6.45) is 1.98. The van der Waals surface area contributed by atoms with Crippen molar-refractivity contribution < 1.29 is 22.5 Å². The number of thioether (sulfide) groups is 1. The van der Waals surface area contributed by atoms with Gasteiger partial charge in [-0.3, -0.25) is 4.55 Å². The van der Waals surface area contributed by atoms with Gasteiger partial charge in [0.1, 0.15) is 0 Å². The van der Waals surface area contributed by atoms with Crippen LogP contribution in [0.15, 0.2) is 29.2 Å². The Kier molecular flexibility index (Phi) is 8.01. The maximum atomic E-state index is 11.3. The highest BCUT2D eigenvalue weighted by Gasteiger charge is 2.05. The average molecular weight is 313 g/mol. The number of benzene rings is 1. The number of ether oxygens (including phenoxy) is 1. The molecule has 18 heavy (non-hydrogen) atoms. The van der Waals surface area contributed by atoms with E-state index in [0.29, 0.717) is 12.2 Å². The zero-order chi connectivity index (χ0) is 14.2. The Bertz CT molecular complexity index is 479. The van der Waals surface area contributed by atoms with Crippen LogP contribution in [-0.4, -0.2) is 31.8 Å². The second-order valence-corrected chi connectivity index (χ2v) is 5.74. The fourth-order valence-corrected chi connectivity index (χ4v) is 1.42. The lowest BCUT2D eigenvalue weighted by molar-refractivity contribution is 0.0526. The van der Waals surface area contributed by atoms with Crippen LogP contribution in [0.25, 0.3) is 0 Å². The third-order valence-electron chi connectivity index (χ3n) is 1.58. The van der Waals surface area contributed by atoms with Gasteiger partial charge in [0.15, 0.2) is 0 Å². The Balaban J connectivity index is 0.000000494. The Hall–Kier alpha value is -0.760. The summed E-state index contributed by atoms with van der Waals surface area (Å²) >= 11 is 1.61. The first-order valence-corrected chi connectivity index (χ1v) is 8.25. The van der Waals surface area contributed by atoms with Crippen molar-refractivity contribution in [3.05, 3.63) is 29.8 Å². The van der Waals surface area contributed by atoms with Gasteiger partial charge in [-0.05, 0) is 31.4 Å². The van der Waals surface area contributed by atoms with Crippen molar-refractivity contribution in [2.24, 2.45) is 0 Å². The molecule has 0 aromatic heterocycles. The maximum Gasteiger partial charge on any atom is 0.353 e. The number of hydrogen-bond donors (Lipinski definition) is 1. The highest BCUT2D eigenvalue weighted by Crippen LogP contribution is 2.16. The fourth-order valence-electron chi connectivity index (χ4n) is 0.964. The molecule has 0 bridgehead atoms. The average Bonchev–Trinajstić information content (AvgIpc) is 2.27. The molecule has 0 radical (unpaired) electrons. The van der Waals surface area contributed by atoms with Crippen LogP contribution in [0.3, 0.4) is 0 Å². The highest BCUT2D eigenvalue weighted by molar-refractivity contribution is 8.09. The van der Waals surface area contributed by atoms with Crippen molar-refractivity contribution in [3.8, 4) is 0 Å². The van der Waals surface area contributed by atoms with Crippen LogP contribution >= 0.6 is 22.4 Å². The number of carbonyl (C=O) groups is 1. The Morgan fingerprint density at radius 2 is 2.06 bits per heavy atom. The summed E-state index contributed by atoms with van der Waals surface area (Å²) in [7, 11) is -0.137. The van der Waals surface area contributed by atoms with Gasteiger partial charge in [-0.2, -0.15) is 8.42 Å². The molecule has 0 aliphatic heterocycles. The molecule has 1 aromatic carbocycles. The van der Waals surface area contributed by atoms with Crippen molar-refractivity contribution in [2.45, 2.75) is 11.8 Å². The Morgan fingerprint density at radius 1 is 1.50 bits per heavy atom. The van der Waals surface area contributed by atoms with Gasteiger partial charge >= 0.3 is 15.3 Å². The molecule has 1 aromatic rings. The monoisotopic (exact) mass is 312 g/mol. The minimum absolute atomic E-state index is 0.251. The predicted molar refractivity (Wildman–Crippen MR) is 71.6 cm³/mol. The molecule has 0 atom stereocenters. The molecular formula is C10H13ClO5S2. The van der Waals surface area contributed by atoms with Crippen molar-refractivity contribution in [2.75, 3.05) is 12.9 Å². The maximum absolute atomic E-state index is 11.3. The zero-order valence-corrected chi connectivity index (χ0v) is 12.2. The lowest BCUT2D eigenvalue weighted by atomic mass is 10.2. The van der Waals surface area contributed by atoms with E-state index in [0.717, 1.165) is 4.90 Å². The third-order valence-corrected chi connectivity index (χ3v) is 2.31. The van der Waals surface area contributed by atoms with E-state index in [1.807, 2.05) is 24.5 Å². The number of carbonyl (C=O) groups excluding carboxylic acids is 1. The summed E-state index contributed by atoms with van der Waals surface area (Å²) in [4.78, 5) is 12.4. The Morgan fingerprint density at radius 3 is 2.50 bits per heavy atom. The third kappa shape index (κ3) is 9.29. The zero-order valence-electron chi connectivity index (χ0n) is 9.79. The predicted octanol–water partition coefficient (Wildman–Crippen LogP) is 2.61. The summed E-state index contributed by atoms with van der Waals surface area (Å²) in [5.74, 6) is -0.251. The molecule has 0 aliphatic carbocycles. The van der Waals surface area contributed by atoms with Crippen molar-refractivity contribution >= 4 is 37.7 Å². The normalized spacial score (nSPS) is 10.2. The van der Waals surface area contributed by atoms with E-state index in [9.17, 15) is 4.79 Å². The molecule has 102 valence electrons. The molecule has 0 saturated carbocycles. The second-order valence-electron chi connectivity index (χ2n) is 2.86. The number of esters is 1. The summed E-state index contributed by atoms with van der Waals surface area (Å²) in [6, 6.07) is 7.42. The van der Waals surface area contributed by atoms with Gasteiger partial charge in [-0.25, -0.2) is 4.79 Å². The van der Waals surface area contributed by atoms with Gasteiger partial charge in [-0.15, -0.1) is 11.8 Å². The first-order valence-electron chi connectivity index (χ1n) is 4.76. The molecule has 8 heteroatoms. The number of halogens is 1. The molecule has 0 spiro atoms. The molecule has 0 aliphatic rings. The lowest BCUT2D eigenvalue weighted by Gasteiger charge is -2.02.